The van der Waals surface area contributed by atoms with E-state index in [9.17, 15) is 4.79 Å². The van der Waals surface area contributed by atoms with Crippen molar-refractivity contribution in [3.63, 3.8) is 0 Å². The molecule has 0 N–H and O–H groups in total. The Balaban J connectivity index is 3.78. The maximum Gasteiger partial charge on any atom is 0.135 e. The van der Waals surface area contributed by atoms with Gasteiger partial charge in [0.2, 0.25) is 0 Å². The molecule has 0 spiro atoms. The van der Waals surface area contributed by atoms with Crippen LogP contribution in [0.3, 0.4) is 0 Å². The number of carbonyl (C=O) groups excluding carboxylic acids is 1. The van der Waals surface area contributed by atoms with Crippen molar-refractivity contribution in [2.75, 3.05) is 0 Å². The first-order valence-corrected chi connectivity index (χ1v) is 6.13. The molecule has 0 saturated carbocycles. The van der Waals surface area contributed by atoms with Crippen molar-refractivity contribution in [2.45, 2.75) is 60.3 Å². The van der Waals surface area contributed by atoms with Crippen molar-refractivity contribution >= 4 is 5.78 Å². The largest absolute Gasteiger partial charge is 0.299 e. The number of carbonyl (C=O) groups is 1. The Morgan fingerprint density at radius 3 is 2.33 bits per heavy atom. The minimum Gasteiger partial charge on any atom is -0.299 e. The quantitative estimate of drug-likeness (QED) is 0.570. The van der Waals surface area contributed by atoms with Gasteiger partial charge in [0.1, 0.15) is 5.78 Å². The van der Waals surface area contributed by atoms with Gasteiger partial charge in [-0.25, -0.2) is 0 Å². The van der Waals surface area contributed by atoms with Crippen LogP contribution in [0.15, 0.2) is 11.6 Å². The molecule has 0 rings (SSSR count). The van der Waals surface area contributed by atoms with E-state index >= 15 is 0 Å². The van der Waals surface area contributed by atoms with Gasteiger partial charge >= 0.3 is 0 Å². The van der Waals surface area contributed by atoms with E-state index in [0.29, 0.717) is 11.7 Å². The number of rotatable bonds is 7. The minimum atomic E-state index is 0.246. The summed E-state index contributed by atoms with van der Waals surface area (Å²) in [6.45, 7) is 10.5. The van der Waals surface area contributed by atoms with Crippen LogP contribution in [0, 0.1) is 11.8 Å². The summed E-state index contributed by atoms with van der Waals surface area (Å²) < 4.78 is 0. The van der Waals surface area contributed by atoms with Crippen molar-refractivity contribution in [3.05, 3.63) is 11.6 Å². The smallest absolute Gasteiger partial charge is 0.135 e. The van der Waals surface area contributed by atoms with Gasteiger partial charge in [0.15, 0.2) is 0 Å². The molecule has 0 aliphatic carbocycles. The van der Waals surface area contributed by atoms with E-state index in [-0.39, 0.29) is 5.92 Å². The van der Waals surface area contributed by atoms with E-state index in [1.165, 1.54) is 5.57 Å². The SMILES string of the molecule is CCC(C)C(=O)CC(C)CCC=C(C)C. The van der Waals surface area contributed by atoms with Crippen LogP contribution < -0.4 is 0 Å². The molecule has 0 bridgehead atoms. The fourth-order valence-electron chi connectivity index (χ4n) is 1.53. The third kappa shape index (κ3) is 7.35. The van der Waals surface area contributed by atoms with Crippen LogP contribution in [0.2, 0.25) is 0 Å². The summed E-state index contributed by atoms with van der Waals surface area (Å²) in [5, 5.41) is 0. The molecule has 2 unspecified atom stereocenters. The number of allylic oxidation sites excluding steroid dienone is 2. The first-order chi connectivity index (χ1) is 6.97. The maximum absolute atomic E-state index is 11.7. The normalized spacial score (nSPS) is 14.5. The van der Waals surface area contributed by atoms with Gasteiger partial charge in [0.05, 0.1) is 0 Å². The fraction of sp³-hybridized carbons (Fsp3) is 0.786. The van der Waals surface area contributed by atoms with Crippen molar-refractivity contribution in [2.24, 2.45) is 11.8 Å². The second kappa shape index (κ2) is 7.67. The minimum absolute atomic E-state index is 0.246. The molecule has 1 nitrogen and oxygen atoms in total. The van der Waals surface area contributed by atoms with Crippen molar-refractivity contribution in [3.8, 4) is 0 Å². The molecule has 88 valence electrons. The lowest BCUT2D eigenvalue weighted by Crippen LogP contribution is -2.13. The van der Waals surface area contributed by atoms with Crippen LogP contribution in [0.25, 0.3) is 0 Å². The Morgan fingerprint density at radius 1 is 1.27 bits per heavy atom. The third-order valence-corrected chi connectivity index (χ3v) is 2.92. The van der Waals surface area contributed by atoms with E-state index in [1.807, 2.05) is 6.92 Å². The molecule has 0 fully saturated rings. The highest BCUT2D eigenvalue weighted by Gasteiger charge is 2.13. The van der Waals surface area contributed by atoms with Crippen LogP contribution in [0.4, 0.5) is 0 Å². The first kappa shape index (κ1) is 14.4. The second-order valence-corrected chi connectivity index (χ2v) is 4.94. The lowest BCUT2D eigenvalue weighted by atomic mass is 9.92. The molecule has 0 radical (unpaired) electrons. The summed E-state index contributed by atoms with van der Waals surface area (Å²) in [7, 11) is 0. The zero-order chi connectivity index (χ0) is 11.8. The highest BCUT2D eigenvalue weighted by Crippen LogP contribution is 2.16. The van der Waals surface area contributed by atoms with Gasteiger partial charge in [-0.3, -0.25) is 4.79 Å². The molecule has 2 atom stereocenters. The molecule has 15 heavy (non-hydrogen) atoms. The van der Waals surface area contributed by atoms with E-state index in [2.05, 4.69) is 33.8 Å². The fourth-order valence-corrected chi connectivity index (χ4v) is 1.53. The van der Waals surface area contributed by atoms with Gasteiger partial charge in [-0.15, -0.1) is 0 Å². The van der Waals surface area contributed by atoms with E-state index in [4.69, 9.17) is 0 Å². The van der Waals surface area contributed by atoms with E-state index < -0.39 is 0 Å². The predicted octanol–water partition coefficient (Wildman–Crippen LogP) is 4.37. The average Bonchev–Trinajstić information content (AvgIpc) is 2.15. The standard InChI is InChI=1S/C14H26O/c1-6-13(5)14(15)10-12(4)9-7-8-11(2)3/h8,12-13H,6-7,9-10H2,1-5H3. The Morgan fingerprint density at radius 2 is 1.87 bits per heavy atom. The van der Waals surface area contributed by atoms with E-state index in [0.717, 1.165) is 25.7 Å². The van der Waals surface area contributed by atoms with Crippen LogP contribution in [0.1, 0.15) is 60.3 Å². The Labute approximate surface area is 95.0 Å². The molecule has 0 aromatic carbocycles. The van der Waals surface area contributed by atoms with Gasteiger partial charge in [0, 0.05) is 12.3 Å². The third-order valence-electron chi connectivity index (χ3n) is 2.92. The van der Waals surface area contributed by atoms with Crippen LogP contribution in [0.5, 0.6) is 0 Å². The Bertz CT molecular complexity index is 211. The Hall–Kier alpha value is -0.590. The van der Waals surface area contributed by atoms with Gasteiger partial charge < -0.3 is 0 Å². The zero-order valence-electron chi connectivity index (χ0n) is 11.0. The van der Waals surface area contributed by atoms with Crippen molar-refractivity contribution in [1.82, 2.24) is 0 Å². The molecule has 0 saturated heterocycles. The average molecular weight is 210 g/mol. The van der Waals surface area contributed by atoms with Crippen LogP contribution >= 0.6 is 0 Å². The number of hydrogen-bond donors (Lipinski definition) is 0. The Kier molecular flexibility index (Phi) is 7.37. The van der Waals surface area contributed by atoms with Crippen molar-refractivity contribution in [1.29, 1.82) is 0 Å². The zero-order valence-corrected chi connectivity index (χ0v) is 11.0. The van der Waals surface area contributed by atoms with Gasteiger partial charge in [-0.1, -0.05) is 32.4 Å². The van der Waals surface area contributed by atoms with E-state index in [1.54, 1.807) is 0 Å². The number of ketones is 1. The molecule has 0 aromatic rings. The highest BCUT2D eigenvalue weighted by atomic mass is 16.1. The molecular weight excluding hydrogens is 184 g/mol. The summed E-state index contributed by atoms with van der Waals surface area (Å²) in [5.74, 6) is 1.21. The number of hydrogen-bond acceptors (Lipinski definition) is 1. The van der Waals surface area contributed by atoms with Crippen molar-refractivity contribution < 1.29 is 4.79 Å². The predicted molar refractivity (Wildman–Crippen MR) is 66.9 cm³/mol. The molecule has 0 amide bonds. The number of Topliss-reactive ketones (excluding diaryl/α,β-unsaturated/α-hetero) is 1. The lowest BCUT2D eigenvalue weighted by molar-refractivity contribution is -0.123. The van der Waals surface area contributed by atoms with Crippen LogP contribution in [-0.4, -0.2) is 5.78 Å². The summed E-state index contributed by atoms with van der Waals surface area (Å²) in [5.41, 5.74) is 1.37. The molecule has 0 aromatic heterocycles. The summed E-state index contributed by atoms with van der Waals surface area (Å²) in [6.07, 6.45) is 6.22. The highest BCUT2D eigenvalue weighted by molar-refractivity contribution is 5.80. The second-order valence-electron chi connectivity index (χ2n) is 4.94. The van der Waals surface area contributed by atoms with Gasteiger partial charge in [0.25, 0.3) is 0 Å². The molecular formula is C14H26O. The maximum atomic E-state index is 11.7. The lowest BCUT2D eigenvalue weighted by Gasteiger charge is -2.12. The molecule has 0 aliphatic heterocycles. The van der Waals surface area contributed by atoms with Crippen LogP contribution in [-0.2, 0) is 4.79 Å². The molecule has 1 heteroatoms. The monoisotopic (exact) mass is 210 g/mol. The summed E-state index contributed by atoms with van der Waals surface area (Å²) in [6, 6.07) is 0. The topological polar surface area (TPSA) is 17.1 Å². The molecule has 0 aliphatic rings. The molecule has 0 heterocycles. The van der Waals surface area contributed by atoms with Gasteiger partial charge in [-0.2, -0.15) is 0 Å². The first-order valence-electron chi connectivity index (χ1n) is 6.13. The summed E-state index contributed by atoms with van der Waals surface area (Å²) in [4.78, 5) is 11.7. The van der Waals surface area contributed by atoms with Gasteiger partial charge in [-0.05, 0) is 39.0 Å². The summed E-state index contributed by atoms with van der Waals surface area (Å²) >= 11 is 0.